The molecule has 154 valence electrons. The Kier molecular flexibility index (Phi) is 6.82. The summed E-state index contributed by atoms with van der Waals surface area (Å²) < 4.78 is 4.99. The Morgan fingerprint density at radius 1 is 1.41 bits per heavy atom. The lowest BCUT2D eigenvalue weighted by Gasteiger charge is -2.25. The van der Waals surface area contributed by atoms with Crippen molar-refractivity contribution in [3.63, 3.8) is 0 Å². The van der Waals surface area contributed by atoms with Crippen molar-refractivity contribution in [2.75, 3.05) is 23.4 Å². The SMILES string of the molecule is CCOC(=O)CCC1CCCN1c1nc(Nc2ccc(Cl)cc2)ncc1[N+](=O)[O-]. The lowest BCUT2D eigenvalue weighted by atomic mass is 10.1. The lowest BCUT2D eigenvalue weighted by Crippen LogP contribution is -2.31. The number of carbonyl (C=O) groups is 1. The maximum absolute atomic E-state index is 11.7. The number of carbonyl (C=O) groups excluding carboxylic acids is 1. The Bertz CT molecular complexity index is 877. The van der Waals surface area contributed by atoms with E-state index in [2.05, 4.69) is 15.3 Å². The summed E-state index contributed by atoms with van der Waals surface area (Å²) in [6.45, 7) is 2.73. The van der Waals surface area contributed by atoms with Crippen LogP contribution in [0.4, 0.5) is 23.1 Å². The molecule has 0 bridgehead atoms. The van der Waals surface area contributed by atoms with Gasteiger partial charge in [0, 0.05) is 29.7 Å². The third kappa shape index (κ3) is 5.32. The summed E-state index contributed by atoms with van der Waals surface area (Å²) in [7, 11) is 0. The van der Waals surface area contributed by atoms with E-state index in [-0.39, 0.29) is 35.9 Å². The first-order valence-corrected chi connectivity index (χ1v) is 9.82. The van der Waals surface area contributed by atoms with Gasteiger partial charge >= 0.3 is 11.7 Å². The van der Waals surface area contributed by atoms with Gasteiger partial charge in [-0.1, -0.05) is 11.6 Å². The van der Waals surface area contributed by atoms with Crippen LogP contribution in [-0.4, -0.2) is 40.1 Å². The number of hydrogen-bond donors (Lipinski definition) is 1. The zero-order valence-electron chi connectivity index (χ0n) is 16.0. The van der Waals surface area contributed by atoms with E-state index < -0.39 is 4.92 Å². The number of anilines is 3. The summed E-state index contributed by atoms with van der Waals surface area (Å²) in [5.74, 6) is 0.249. The van der Waals surface area contributed by atoms with E-state index in [0.717, 1.165) is 18.5 Å². The second-order valence-electron chi connectivity index (χ2n) is 6.62. The summed E-state index contributed by atoms with van der Waals surface area (Å²) in [5, 5.41) is 15.2. The van der Waals surface area contributed by atoms with Gasteiger partial charge in [-0.05, 0) is 50.5 Å². The first-order valence-electron chi connectivity index (χ1n) is 9.44. The monoisotopic (exact) mass is 419 g/mol. The fraction of sp³-hybridized carbons (Fsp3) is 0.421. The molecule has 1 N–H and O–H groups in total. The standard InChI is InChI=1S/C19H22ClN5O4/c1-2-29-17(26)10-9-15-4-3-11-24(15)18-16(25(27)28)12-21-19(23-18)22-14-7-5-13(20)6-8-14/h5-8,12,15H,2-4,9-11H2,1H3,(H,21,22,23). The molecular formula is C19H22ClN5O4. The van der Waals surface area contributed by atoms with Gasteiger partial charge in [-0.2, -0.15) is 4.98 Å². The normalized spacial score (nSPS) is 15.9. The molecule has 1 atom stereocenters. The first-order chi connectivity index (χ1) is 14.0. The van der Waals surface area contributed by atoms with Gasteiger partial charge in [0.05, 0.1) is 11.5 Å². The van der Waals surface area contributed by atoms with Crippen molar-refractivity contribution in [1.29, 1.82) is 0 Å². The summed E-state index contributed by atoms with van der Waals surface area (Å²) in [5.41, 5.74) is 0.559. The van der Waals surface area contributed by atoms with Crippen LogP contribution in [0.3, 0.4) is 0 Å². The molecule has 29 heavy (non-hydrogen) atoms. The first kappa shape index (κ1) is 20.8. The van der Waals surface area contributed by atoms with Crippen molar-refractivity contribution in [1.82, 2.24) is 9.97 Å². The highest BCUT2D eigenvalue weighted by Crippen LogP contribution is 2.34. The zero-order chi connectivity index (χ0) is 20.8. The van der Waals surface area contributed by atoms with Crippen molar-refractivity contribution in [3.8, 4) is 0 Å². The van der Waals surface area contributed by atoms with E-state index in [1.807, 2.05) is 4.90 Å². The van der Waals surface area contributed by atoms with Gasteiger partial charge in [0.15, 0.2) is 0 Å². The average molecular weight is 420 g/mol. The van der Waals surface area contributed by atoms with Gasteiger partial charge in [-0.25, -0.2) is 4.98 Å². The molecule has 0 spiro atoms. The third-order valence-corrected chi connectivity index (χ3v) is 4.94. The molecule has 1 aromatic carbocycles. The second-order valence-corrected chi connectivity index (χ2v) is 7.06. The summed E-state index contributed by atoms with van der Waals surface area (Å²) in [6.07, 6.45) is 3.74. The van der Waals surface area contributed by atoms with Crippen LogP contribution in [0.2, 0.25) is 5.02 Å². The van der Waals surface area contributed by atoms with Crippen LogP contribution in [0.5, 0.6) is 0 Å². The molecule has 1 fully saturated rings. The van der Waals surface area contributed by atoms with Crippen LogP contribution in [0.15, 0.2) is 30.5 Å². The minimum atomic E-state index is -0.484. The van der Waals surface area contributed by atoms with Gasteiger partial charge in [0.1, 0.15) is 6.20 Å². The third-order valence-electron chi connectivity index (χ3n) is 4.68. The van der Waals surface area contributed by atoms with E-state index in [1.165, 1.54) is 6.20 Å². The Balaban J connectivity index is 1.82. The van der Waals surface area contributed by atoms with Crippen molar-refractivity contribution < 1.29 is 14.5 Å². The van der Waals surface area contributed by atoms with Crippen molar-refractivity contribution >= 4 is 40.7 Å². The molecule has 10 heteroatoms. The largest absolute Gasteiger partial charge is 0.466 e. The minimum absolute atomic E-state index is 0.0172. The Labute approximate surface area is 173 Å². The number of esters is 1. The van der Waals surface area contributed by atoms with Crippen LogP contribution in [0, 0.1) is 10.1 Å². The molecule has 1 aliphatic rings. The fourth-order valence-corrected chi connectivity index (χ4v) is 3.49. The highest BCUT2D eigenvalue weighted by atomic mass is 35.5. The highest BCUT2D eigenvalue weighted by molar-refractivity contribution is 6.30. The summed E-state index contributed by atoms with van der Waals surface area (Å²) in [6, 6.07) is 6.97. The molecule has 0 amide bonds. The van der Waals surface area contributed by atoms with E-state index >= 15 is 0 Å². The van der Waals surface area contributed by atoms with Crippen LogP contribution >= 0.6 is 11.6 Å². The number of nitrogens with one attached hydrogen (secondary N) is 1. The minimum Gasteiger partial charge on any atom is -0.466 e. The van der Waals surface area contributed by atoms with Crippen LogP contribution in [-0.2, 0) is 9.53 Å². The lowest BCUT2D eigenvalue weighted by molar-refractivity contribution is -0.384. The van der Waals surface area contributed by atoms with Crippen molar-refractivity contribution in [3.05, 3.63) is 45.6 Å². The van der Waals surface area contributed by atoms with E-state index in [1.54, 1.807) is 31.2 Å². The van der Waals surface area contributed by atoms with Crippen molar-refractivity contribution in [2.24, 2.45) is 0 Å². The van der Waals surface area contributed by atoms with E-state index in [9.17, 15) is 14.9 Å². The van der Waals surface area contributed by atoms with Gasteiger partial charge in [-0.3, -0.25) is 14.9 Å². The van der Waals surface area contributed by atoms with Crippen LogP contribution in [0.1, 0.15) is 32.6 Å². The molecule has 1 unspecified atom stereocenters. The maximum Gasteiger partial charge on any atom is 0.329 e. The summed E-state index contributed by atoms with van der Waals surface area (Å²) >= 11 is 5.90. The van der Waals surface area contributed by atoms with Gasteiger partial charge in [0.25, 0.3) is 0 Å². The smallest absolute Gasteiger partial charge is 0.329 e. The molecule has 1 aromatic heterocycles. The number of nitrogens with zero attached hydrogens (tertiary/aromatic N) is 4. The Morgan fingerprint density at radius 2 is 2.17 bits per heavy atom. The predicted octanol–water partition coefficient (Wildman–Crippen LogP) is 4.09. The van der Waals surface area contributed by atoms with Gasteiger partial charge < -0.3 is 15.0 Å². The number of rotatable bonds is 8. The molecule has 9 nitrogen and oxygen atoms in total. The fourth-order valence-electron chi connectivity index (χ4n) is 3.36. The van der Waals surface area contributed by atoms with Gasteiger partial charge in [0.2, 0.25) is 11.8 Å². The Hall–Kier alpha value is -2.94. The van der Waals surface area contributed by atoms with Crippen LogP contribution < -0.4 is 10.2 Å². The molecule has 0 radical (unpaired) electrons. The highest BCUT2D eigenvalue weighted by Gasteiger charge is 2.32. The number of nitro groups is 1. The number of halogens is 1. The van der Waals surface area contributed by atoms with Gasteiger partial charge in [-0.15, -0.1) is 0 Å². The molecule has 1 aliphatic heterocycles. The topological polar surface area (TPSA) is 110 Å². The second kappa shape index (κ2) is 9.51. The number of aromatic nitrogens is 2. The Morgan fingerprint density at radius 3 is 2.86 bits per heavy atom. The molecule has 2 heterocycles. The number of hydrogen-bond acceptors (Lipinski definition) is 8. The van der Waals surface area contributed by atoms with Crippen LogP contribution in [0.25, 0.3) is 0 Å². The summed E-state index contributed by atoms with van der Waals surface area (Å²) in [4.78, 5) is 33.1. The molecule has 3 rings (SSSR count). The quantitative estimate of drug-likeness (QED) is 0.387. The number of ether oxygens (including phenoxy) is 1. The molecular weight excluding hydrogens is 398 g/mol. The predicted molar refractivity (Wildman–Crippen MR) is 110 cm³/mol. The maximum atomic E-state index is 11.7. The zero-order valence-corrected chi connectivity index (χ0v) is 16.8. The average Bonchev–Trinajstić information content (AvgIpc) is 3.17. The van der Waals surface area contributed by atoms with E-state index in [0.29, 0.717) is 24.6 Å². The van der Waals surface area contributed by atoms with E-state index in [4.69, 9.17) is 16.3 Å². The number of benzene rings is 1. The molecule has 0 saturated carbocycles. The molecule has 1 saturated heterocycles. The molecule has 2 aromatic rings. The molecule has 0 aliphatic carbocycles. The van der Waals surface area contributed by atoms with Crippen molar-refractivity contribution in [2.45, 2.75) is 38.6 Å².